The smallest absolute Gasteiger partial charge is 0.339 e. The quantitative estimate of drug-likeness (QED) is 0.343. The molecule has 0 radical (unpaired) electrons. The number of fused-ring (bicyclic) bond motifs is 2. The summed E-state index contributed by atoms with van der Waals surface area (Å²) in [4.78, 5) is 43.2. The highest BCUT2D eigenvalue weighted by atomic mass is 16.5. The van der Waals surface area contributed by atoms with Gasteiger partial charge < -0.3 is 18.8 Å². The Morgan fingerprint density at radius 2 is 1.80 bits per heavy atom. The second-order valence-electron chi connectivity index (χ2n) is 9.43. The minimum absolute atomic E-state index is 0.322. The first-order chi connectivity index (χ1) is 19.4. The number of nitrogens with zero attached hydrogens (tertiary/aromatic N) is 2. The van der Waals surface area contributed by atoms with E-state index in [-0.39, 0.29) is 0 Å². The van der Waals surface area contributed by atoms with Crippen molar-refractivity contribution in [2.24, 2.45) is 7.05 Å². The van der Waals surface area contributed by atoms with Gasteiger partial charge in [-0.3, -0.25) is 14.9 Å². The van der Waals surface area contributed by atoms with Crippen LogP contribution in [0.25, 0.3) is 22.6 Å². The highest BCUT2D eigenvalue weighted by Crippen LogP contribution is 2.37. The van der Waals surface area contributed by atoms with Crippen LogP contribution in [0.15, 0.2) is 60.8 Å². The van der Waals surface area contributed by atoms with Crippen LogP contribution in [0.3, 0.4) is 0 Å². The van der Waals surface area contributed by atoms with Gasteiger partial charge >= 0.3 is 5.97 Å². The zero-order chi connectivity index (χ0) is 28.2. The Bertz CT molecular complexity index is 1650. The molecular formula is C31H29N3O6. The normalized spacial score (nSPS) is 13.5. The fourth-order valence-corrected chi connectivity index (χ4v) is 4.98. The molecule has 0 saturated carbocycles. The van der Waals surface area contributed by atoms with E-state index in [0.29, 0.717) is 40.1 Å². The number of hydrogen-bond acceptors (Lipinski definition) is 7. The lowest BCUT2D eigenvalue weighted by Gasteiger charge is -2.22. The van der Waals surface area contributed by atoms with E-state index in [4.69, 9.17) is 19.2 Å². The van der Waals surface area contributed by atoms with Crippen LogP contribution in [0.2, 0.25) is 0 Å². The van der Waals surface area contributed by atoms with Crippen molar-refractivity contribution in [2.45, 2.75) is 19.3 Å². The van der Waals surface area contributed by atoms with Gasteiger partial charge in [-0.1, -0.05) is 24.3 Å². The van der Waals surface area contributed by atoms with Crippen molar-refractivity contribution in [1.29, 1.82) is 0 Å². The highest BCUT2D eigenvalue weighted by molar-refractivity contribution is 6.08. The number of carbonyl (C=O) groups is 3. The summed E-state index contributed by atoms with van der Waals surface area (Å²) < 4.78 is 17.8. The second-order valence-corrected chi connectivity index (χ2v) is 9.43. The van der Waals surface area contributed by atoms with Gasteiger partial charge in [-0.2, -0.15) is 0 Å². The average Bonchev–Trinajstić information content (AvgIpc) is 3.40. The standard InChI is InChI=1S/C31H29N3O6/c1-34-15-7-12-24(34)30(36)33-27(35)18-40-31(37)28-21-9-4-5-11-23(21)32-29-20(8-6-10-22(28)29)16-19-13-14-25(38-2)26(17-19)39-3/h4-5,7,9,11-17H,6,8,10,18H2,1-3H3,(H,33,35,36)/b20-16+. The predicted molar refractivity (Wildman–Crippen MR) is 150 cm³/mol. The van der Waals surface area contributed by atoms with Gasteiger partial charge in [-0.25, -0.2) is 9.78 Å². The molecule has 204 valence electrons. The van der Waals surface area contributed by atoms with Crippen molar-refractivity contribution in [3.63, 3.8) is 0 Å². The SMILES string of the molecule is COc1ccc(/C=C2\CCCc3c2nc2ccccc2c3C(=O)OCC(=O)NC(=O)c2cccn2C)cc1OC. The molecule has 4 aromatic rings. The Morgan fingerprint density at radius 3 is 2.55 bits per heavy atom. The van der Waals surface area contributed by atoms with Crippen molar-refractivity contribution in [2.75, 3.05) is 20.8 Å². The average molecular weight is 540 g/mol. The van der Waals surface area contributed by atoms with Crippen LogP contribution < -0.4 is 14.8 Å². The van der Waals surface area contributed by atoms with Gasteiger partial charge in [-0.15, -0.1) is 0 Å². The molecule has 0 aliphatic heterocycles. The number of methoxy groups -OCH3 is 2. The van der Waals surface area contributed by atoms with E-state index in [1.807, 2.05) is 48.5 Å². The van der Waals surface area contributed by atoms with E-state index in [0.717, 1.165) is 35.2 Å². The molecule has 5 rings (SSSR count). The molecule has 1 N–H and O–H groups in total. The van der Waals surface area contributed by atoms with Crippen molar-refractivity contribution in [1.82, 2.24) is 14.9 Å². The molecule has 0 atom stereocenters. The highest BCUT2D eigenvalue weighted by Gasteiger charge is 2.27. The first-order valence-corrected chi connectivity index (χ1v) is 12.9. The topological polar surface area (TPSA) is 109 Å². The maximum atomic E-state index is 13.5. The van der Waals surface area contributed by atoms with Crippen molar-refractivity contribution in [3.8, 4) is 11.5 Å². The van der Waals surface area contributed by atoms with Crippen LogP contribution in [0.1, 0.15) is 50.5 Å². The lowest BCUT2D eigenvalue weighted by atomic mass is 9.86. The maximum absolute atomic E-state index is 13.5. The number of aromatic nitrogens is 2. The van der Waals surface area contributed by atoms with E-state index >= 15 is 0 Å². The first kappa shape index (κ1) is 26.7. The number of rotatable bonds is 7. The number of carbonyl (C=O) groups excluding carboxylic acids is 3. The fraction of sp³-hybridized carbons (Fsp3) is 0.226. The summed E-state index contributed by atoms with van der Waals surface area (Å²) in [7, 11) is 4.88. The van der Waals surface area contributed by atoms with Crippen molar-refractivity contribution < 1.29 is 28.6 Å². The fourth-order valence-electron chi connectivity index (χ4n) is 4.98. The van der Waals surface area contributed by atoms with E-state index in [1.165, 1.54) is 0 Å². The van der Waals surface area contributed by atoms with Gasteiger partial charge in [0.1, 0.15) is 5.69 Å². The number of pyridine rings is 1. The maximum Gasteiger partial charge on any atom is 0.339 e. The number of imide groups is 1. The summed E-state index contributed by atoms with van der Waals surface area (Å²) in [5.74, 6) is -0.653. The van der Waals surface area contributed by atoms with Crippen LogP contribution in [-0.4, -0.2) is 48.2 Å². The Morgan fingerprint density at radius 1 is 1.00 bits per heavy atom. The number of allylic oxidation sites excluding steroid dienone is 1. The van der Waals surface area contributed by atoms with Crippen LogP contribution >= 0.6 is 0 Å². The van der Waals surface area contributed by atoms with Crippen LogP contribution in [0.4, 0.5) is 0 Å². The zero-order valence-electron chi connectivity index (χ0n) is 22.5. The minimum Gasteiger partial charge on any atom is -0.493 e. The summed E-state index contributed by atoms with van der Waals surface area (Å²) in [6.45, 7) is -0.589. The van der Waals surface area contributed by atoms with Crippen LogP contribution in [0.5, 0.6) is 11.5 Å². The summed E-state index contributed by atoms with van der Waals surface area (Å²) in [5.41, 5.74) is 4.77. The number of ether oxygens (including phenoxy) is 3. The Labute approximate surface area is 231 Å². The summed E-state index contributed by atoms with van der Waals surface area (Å²) >= 11 is 0. The number of hydrogen-bond donors (Lipinski definition) is 1. The van der Waals surface area contributed by atoms with E-state index in [9.17, 15) is 14.4 Å². The Kier molecular flexibility index (Phi) is 7.63. The number of esters is 1. The lowest BCUT2D eigenvalue weighted by molar-refractivity contribution is -0.123. The summed E-state index contributed by atoms with van der Waals surface area (Å²) in [6, 6.07) is 16.3. The molecule has 0 spiro atoms. The molecule has 2 aromatic carbocycles. The summed E-state index contributed by atoms with van der Waals surface area (Å²) in [6.07, 6.45) is 5.98. The molecule has 1 aliphatic carbocycles. The van der Waals surface area contributed by atoms with Gasteiger partial charge in [0.2, 0.25) is 0 Å². The van der Waals surface area contributed by atoms with Crippen LogP contribution in [-0.2, 0) is 23.0 Å². The molecule has 9 nitrogen and oxygen atoms in total. The molecule has 2 amide bonds. The first-order valence-electron chi connectivity index (χ1n) is 12.9. The third kappa shape index (κ3) is 5.31. The molecule has 1 aliphatic rings. The molecule has 0 fully saturated rings. The van der Waals surface area contributed by atoms with Gasteiger partial charge in [0.05, 0.1) is 31.0 Å². The van der Waals surface area contributed by atoms with Crippen molar-refractivity contribution in [3.05, 3.63) is 88.9 Å². The molecule has 9 heteroatoms. The van der Waals surface area contributed by atoms with E-state index < -0.39 is 24.4 Å². The van der Waals surface area contributed by atoms with Crippen molar-refractivity contribution >= 4 is 40.3 Å². The number of nitrogens with one attached hydrogen (secondary N) is 1. The second kappa shape index (κ2) is 11.4. The van der Waals surface area contributed by atoms with Gasteiger partial charge in [0.25, 0.3) is 11.8 Å². The van der Waals surface area contributed by atoms with Gasteiger partial charge in [0.15, 0.2) is 18.1 Å². The molecule has 0 unspecified atom stereocenters. The third-order valence-electron chi connectivity index (χ3n) is 6.89. The molecule has 0 saturated heterocycles. The number of amides is 2. The minimum atomic E-state index is -0.708. The molecule has 2 heterocycles. The van der Waals surface area contributed by atoms with Gasteiger partial charge in [0, 0.05) is 18.6 Å². The molecule has 2 aromatic heterocycles. The summed E-state index contributed by atoms with van der Waals surface area (Å²) in [5, 5.41) is 2.92. The Hall–Kier alpha value is -4.92. The molecular weight excluding hydrogens is 510 g/mol. The number of aryl methyl sites for hydroxylation is 1. The monoisotopic (exact) mass is 539 g/mol. The van der Waals surface area contributed by atoms with E-state index in [2.05, 4.69) is 5.32 Å². The lowest BCUT2D eigenvalue weighted by Crippen LogP contribution is -2.35. The van der Waals surface area contributed by atoms with Gasteiger partial charge in [-0.05, 0) is 72.4 Å². The third-order valence-corrected chi connectivity index (χ3v) is 6.89. The predicted octanol–water partition coefficient (Wildman–Crippen LogP) is 4.58. The molecule has 0 bridgehead atoms. The molecule has 40 heavy (non-hydrogen) atoms. The number of benzene rings is 2. The largest absolute Gasteiger partial charge is 0.493 e. The number of para-hydroxylation sites is 1. The Balaban J connectivity index is 1.45. The van der Waals surface area contributed by atoms with Crippen LogP contribution in [0, 0.1) is 0 Å². The van der Waals surface area contributed by atoms with E-state index in [1.54, 1.807) is 44.2 Å². The zero-order valence-corrected chi connectivity index (χ0v) is 22.5.